The van der Waals surface area contributed by atoms with Gasteiger partial charge in [0.05, 0.1) is 24.0 Å². The molecule has 2 aromatic heterocycles. The predicted octanol–water partition coefficient (Wildman–Crippen LogP) is 4.19. The first-order valence-electron chi connectivity index (χ1n) is 10.7. The number of nitrogens with zero attached hydrogens (tertiary/aromatic N) is 3. The van der Waals surface area contributed by atoms with Crippen LogP contribution in [0.3, 0.4) is 0 Å². The second-order valence-electron chi connectivity index (χ2n) is 9.59. The van der Waals surface area contributed by atoms with Crippen LogP contribution in [-0.4, -0.2) is 46.9 Å². The highest BCUT2D eigenvalue weighted by Crippen LogP contribution is 2.68. The average molecular weight is 443 g/mol. The first kappa shape index (κ1) is 21.7. The maximum absolute atomic E-state index is 13.0. The number of amides is 2. The van der Waals surface area contributed by atoms with Crippen LogP contribution in [0.2, 0.25) is 0 Å². The fraction of sp³-hybridized carbons (Fsp3) is 0.565. The molecule has 1 aliphatic heterocycles. The number of aromatic nitrogens is 2. The lowest BCUT2D eigenvalue weighted by Gasteiger charge is -2.31. The summed E-state index contributed by atoms with van der Waals surface area (Å²) < 4.78 is 5.03. The minimum atomic E-state index is -0.250. The van der Waals surface area contributed by atoms with E-state index in [-0.39, 0.29) is 22.7 Å². The molecule has 0 spiro atoms. The topological polar surface area (TPSA) is 84.4 Å². The molecule has 1 N–H and O–H groups in total. The number of anilines is 1. The summed E-state index contributed by atoms with van der Waals surface area (Å²) in [7, 11) is 1.55. The number of pyridine rings is 1. The van der Waals surface area contributed by atoms with Gasteiger partial charge in [-0.15, -0.1) is 11.3 Å². The Morgan fingerprint density at radius 3 is 2.39 bits per heavy atom. The number of likely N-dealkylation sites (tertiary alicyclic amines) is 1. The fourth-order valence-corrected chi connectivity index (χ4v) is 5.66. The largest absolute Gasteiger partial charge is 0.481 e. The molecule has 1 saturated carbocycles. The molecule has 2 aromatic rings. The molecule has 0 atom stereocenters. The van der Waals surface area contributed by atoms with E-state index >= 15 is 0 Å². The highest BCUT2D eigenvalue weighted by atomic mass is 32.1. The second-order valence-corrected chi connectivity index (χ2v) is 10.5. The number of thiazole rings is 1. The zero-order valence-electron chi connectivity index (χ0n) is 18.8. The number of rotatable bonds is 5. The van der Waals surface area contributed by atoms with Crippen molar-refractivity contribution in [3.63, 3.8) is 0 Å². The number of ether oxygens (including phenoxy) is 1. The van der Waals surface area contributed by atoms with E-state index in [0.29, 0.717) is 29.1 Å². The van der Waals surface area contributed by atoms with E-state index in [1.165, 1.54) is 11.3 Å². The summed E-state index contributed by atoms with van der Waals surface area (Å²) in [6.07, 6.45) is 3.33. The molecule has 1 aliphatic carbocycles. The molecule has 31 heavy (non-hydrogen) atoms. The van der Waals surface area contributed by atoms with Gasteiger partial charge in [-0.3, -0.25) is 9.59 Å². The van der Waals surface area contributed by atoms with Crippen LogP contribution >= 0.6 is 11.3 Å². The van der Waals surface area contributed by atoms with E-state index in [9.17, 15) is 9.59 Å². The highest BCUT2D eigenvalue weighted by Gasteiger charge is 2.68. The van der Waals surface area contributed by atoms with Crippen LogP contribution in [0.5, 0.6) is 5.88 Å². The number of hydrogen-bond donors (Lipinski definition) is 1. The van der Waals surface area contributed by atoms with Gasteiger partial charge in [-0.05, 0) is 29.7 Å². The minimum Gasteiger partial charge on any atom is -0.481 e. The van der Waals surface area contributed by atoms with E-state index in [1.807, 2.05) is 4.90 Å². The van der Waals surface area contributed by atoms with E-state index in [1.54, 1.807) is 30.8 Å². The van der Waals surface area contributed by atoms with Crippen LogP contribution in [0.1, 0.15) is 62.0 Å². The van der Waals surface area contributed by atoms with Gasteiger partial charge in [-0.2, -0.15) is 0 Å². The lowest BCUT2D eigenvalue weighted by Crippen LogP contribution is -2.39. The van der Waals surface area contributed by atoms with Crippen molar-refractivity contribution < 1.29 is 14.3 Å². The molecular weight excluding hydrogens is 412 g/mol. The lowest BCUT2D eigenvalue weighted by atomic mass is 9.96. The smallest absolute Gasteiger partial charge is 0.275 e. The molecule has 0 aromatic carbocycles. The third kappa shape index (κ3) is 3.93. The van der Waals surface area contributed by atoms with Gasteiger partial charge in [-0.1, -0.05) is 27.7 Å². The van der Waals surface area contributed by atoms with E-state index in [4.69, 9.17) is 4.74 Å². The first-order valence-corrected chi connectivity index (χ1v) is 11.6. The van der Waals surface area contributed by atoms with Crippen LogP contribution < -0.4 is 10.1 Å². The van der Waals surface area contributed by atoms with Gasteiger partial charge in [-0.25, -0.2) is 9.97 Å². The number of piperidine rings is 1. The molecule has 1 saturated heterocycles. The van der Waals surface area contributed by atoms with Crippen LogP contribution in [0, 0.1) is 16.7 Å². The standard InChI is InChI=1S/C23H30N4O3S/c1-22(2)18(23(22,3)4)21(29)27-10-8-14(9-11-27)20-26-16(13-31-20)19(28)25-15-6-7-17(30-5)24-12-15/h6-7,12-14,18H,8-11H2,1-5H3,(H,25,28). The summed E-state index contributed by atoms with van der Waals surface area (Å²) in [5, 5.41) is 5.59. The maximum atomic E-state index is 13.0. The molecule has 8 heteroatoms. The molecule has 0 radical (unpaired) electrons. The predicted molar refractivity (Wildman–Crippen MR) is 120 cm³/mol. The van der Waals surface area contributed by atoms with Gasteiger partial charge in [0.25, 0.3) is 5.91 Å². The van der Waals surface area contributed by atoms with Crippen LogP contribution in [-0.2, 0) is 4.79 Å². The lowest BCUT2D eigenvalue weighted by molar-refractivity contribution is -0.134. The summed E-state index contributed by atoms with van der Waals surface area (Å²) in [6.45, 7) is 10.3. The van der Waals surface area contributed by atoms with Gasteiger partial charge in [0.2, 0.25) is 11.8 Å². The van der Waals surface area contributed by atoms with Gasteiger partial charge in [0.1, 0.15) is 5.69 Å². The van der Waals surface area contributed by atoms with Crippen molar-refractivity contribution in [2.45, 2.75) is 46.5 Å². The van der Waals surface area contributed by atoms with Gasteiger partial charge in [0.15, 0.2) is 0 Å². The van der Waals surface area contributed by atoms with Crippen molar-refractivity contribution in [2.75, 3.05) is 25.5 Å². The van der Waals surface area contributed by atoms with Crippen molar-refractivity contribution in [3.8, 4) is 5.88 Å². The second kappa shape index (κ2) is 7.89. The average Bonchev–Trinajstić information content (AvgIpc) is 3.09. The number of nitrogens with one attached hydrogen (secondary N) is 1. The molecule has 2 amide bonds. The first-order chi connectivity index (χ1) is 14.6. The monoisotopic (exact) mass is 442 g/mol. The van der Waals surface area contributed by atoms with Crippen molar-refractivity contribution in [2.24, 2.45) is 16.7 Å². The van der Waals surface area contributed by atoms with Crippen LogP contribution in [0.25, 0.3) is 0 Å². The Balaban J connectivity index is 1.33. The van der Waals surface area contributed by atoms with E-state index in [2.05, 4.69) is 43.0 Å². The molecule has 2 fully saturated rings. The Hall–Kier alpha value is -2.48. The summed E-state index contributed by atoms with van der Waals surface area (Å²) in [4.78, 5) is 36.2. The normalized spacial score (nSPS) is 20.4. The third-order valence-corrected chi connectivity index (χ3v) is 8.39. The van der Waals surface area contributed by atoms with Crippen molar-refractivity contribution >= 4 is 28.8 Å². The summed E-state index contributed by atoms with van der Waals surface area (Å²) in [6, 6.07) is 3.44. The molecule has 0 bridgehead atoms. The highest BCUT2D eigenvalue weighted by molar-refractivity contribution is 7.10. The van der Waals surface area contributed by atoms with Crippen molar-refractivity contribution in [1.82, 2.24) is 14.9 Å². The maximum Gasteiger partial charge on any atom is 0.275 e. The van der Waals surface area contributed by atoms with Gasteiger partial charge < -0.3 is 15.0 Å². The van der Waals surface area contributed by atoms with E-state index < -0.39 is 0 Å². The molecule has 166 valence electrons. The number of carbonyl (C=O) groups is 2. The Kier molecular flexibility index (Phi) is 5.54. The molecule has 4 rings (SSSR count). The number of carbonyl (C=O) groups excluding carboxylic acids is 2. The molecule has 2 aliphatic rings. The number of hydrogen-bond acceptors (Lipinski definition) is 6. The fourth-order valence-electron chi connectivity index (χ4n) is 4.69. The Morgan fingerprint density at radius 1 is 1.16 bits per heavy atom. The summed E-state index contributed by atoms with van der Waals surface area (Å²) in [5.74, 6) is 0.936. The molecule has 7 nitrogen and oxygen atoms in total. The Labute approximate surface area is 187 Å². The molecular formula is C23H30N4O3S. The van der Waals surface area contributed by atoms with Crippen LogP contribution in [0.15, 0.2) is 23.7 Å². The van der Waals surface area contributed by atoms with Crippen molar-refractivity contribution in [1.29, 1.82) is 0 Å². The molecule has 0 unspecified atom stereocenters. The summed E-state index contributed by atoms with van der Waals surface area (Å²) >= 11 is 1.52. The SMILES string of the molecule is COc1ccc(NC(=O)c2csc(C3CCN(C(=O)C4C(C)(C)C4(C)C)CC3)n2)cn1. The van der Waals surface area contributed by atoms with E-state index in [0.717, 1.165) is 30.9 Å². The van der Waals surface area contributed by atoms with Crippen LogP contribution in [0.4, 0.5) is 5.69 Å². The quantitative estimate of drug-likeness (QED) is 0.751. The number of methoxy groups -OCH3 is 1. The Bertz CT molecular complexity index is 961. The van der Waals surface area contributed by atoms with Gasteiger partial charge >= 0.3 is 0 Å². The Morgan fingerprint density at radius 2 is 1.84 bits per heavy atom. The van der Waals surface area contributed by atoms with Crippen molar-refractivity contribution in [3.05, 3.63) is 34.4 Å². The minimum absolute atomic E-state index is 0.0674. The zero-order valence-corrected chi connectivity index (χ0v) is 19.6. The molecule has 3 heterocycles. The summed E-state index contributed by atoms with van der Waals surface area (Å²) in [5.41, 5.74) is 1.14. The van der Waals surface area contributed by atoms with Gasteiger partial charge in [0, 0.05) is 36.4 Å². The third-order valence-electron chi connectivity index (χ3n) is 7.38. The zero-order chi connectivity index (χ0) is 22.4.